The van der Waals surface area contributed by atoms with Crippen LogP contribution >= 0.6 is 11.6 Å². The van der Waals surface area contributed by atoms with E-state index in [-0.39, 0.29) is 24.6 Å². The highest BCUT2D eigenvalue weighted by molar-refractivity contribution is 6.33. The number of pyridine rings is 2. The Hall–Kier alpha value is -2.94. The fraction of sp³-hybridized carbons (Fsp3) is 0.400. The van der Waals surface area contributed by atoms with Gasteiger partial charge in [-0.15, -0.1) is 0 Å². The molecule has 34 heavy (non-hydrogen) atoms. The molecule has 8 nitrogen and oxygen atoms in total. The van der Waals surface area contributed by atoms with Gasteiger partial charge in [-0.1, -0.05) is 32.4 Å². The fourth-order valence-electron chi connectivity index (χ4n) is 4.84. The average Bonchev–Trinajstić information content (AvgIpc) is 3.16. The molecule has 9 heteroatoms. The van der Waals surface area contributed by atoms with Gasteiger partial charge in [-0.25, -0.2) is 9.78 Å². The van der Waals surface area contributed by atoms with E-state index in [1.165, 1.54) is 0 Å². The van der Waals surface area contributed by atoms with E-state index in [2.05, 4.69) is 19.2 Å². The third-order valence-electron chi connectivity index (χ3n) is 6.72. The maximum Gasteiger partial charge on any atom is 0.343 e. The number of methoxy groups -OCH3 is 1. The molecule has 5 rings (SSSR count). The lowest BCUT2D eigenvalue weighted by molar-refractivity contribution is -0.172. The van der Waals surface area contributed by atoms with Gasteiger partial charge in [0, 0.05) is 34.7 Å². The third kappa shape index (κ3) is 3.24. The van der Waals surface area contributed by atoms with Gasteiger partial charge in [0.1, 0.15) is 12.4 Å². The molecule has 0 unspecified atom stereocenters. The fourth-order valence-corrected chi connectivity index (χ4v) is 5.14. The molecule has 178 valence electrons. The number of aliphatic hydroxyl groups is 1. The Morgan fingerprint density at radius 2 is 2.09 bits per heavy atom. The molecule has 0 aliphatic carbocycles. The zero-order chi connectivity index (χ0) is 24.4. The number of hydrogen-bond donors (Lipinski definition) is 2. The van der Waals surface area contributed by atoms with E-state index >= 15 is 0 Å². The topological polar surface area (TPSA) is 103 Å². The van der Waals surface area contributed by atoms with Gasteiger partial charge in [0.05, 0.1) is 41.1 Å². The normalized spacial score (nSPS) is 18.6. The Bertz CT molecular complexity index is 1410. The zero-order valence-electron chi connectivity index (χ0n) is 19.5. The predicted molar refractivity (Wildman–Crippen MR) is 128 cm³/mol. The monoisotopic (exact) mass is 483 g/mol. The van der Waals surface area contributed by atoms with Crippen molar-refractivity contribution in [2.24, 2.45) is 0 Å². The number of benzene rings is 1. The Balaban J connectivity index is 1.73. The molecule has 2 aromatic heterocycles. The number of esters is 1. The Labute approximate surface area is 201 Å². The standard InChI is InChI=1S/C25H26ClN3O5/c1-5-25(32)17-7-20-21-13(10-29(20)23(30)16(17)11-34-24(25)31)6-14-15(9-27-12(2)3)22(33-4)18(26)8-19(14)28-21/h6-8,12,27,32H,5,9-11H2,1-4H3/t25-/m0/s1. The Kier molecular flexibility index (Phi) is 5.42. The second kappa shape index (κ2) is 8.08. The SMILES string of the molecule is CC[C@@]1(O)C(=O)OCc2c1cc1n(c2=O)Cc2cc3c(CNC(C)C)c(OC)c(Cl)cc3nc2-1. The number of hydrogen-bond acceptors (Lipinski definition) is 7. The first-order valence-corrected chi connectivity index (χ1v) is 11.7. The molecule has 0 fully saturated rings. The van der Waals surface area contributed by atoms with Crippen LogP contribution < -0.4 is 15.6 Å². The summed E-state index contributed by atoms with van der Waals surface area (Å²) in [4.78, 5) is 30.6. The Morgan fingerprint density at radius 3 is 2.76 bits per heavy atom. The van der Waals surface area contributed by atoms with E-state index in [4.69, 9.17) is 26.1 Å². The van der Waals surface area contributed by atoms with Crippen LogP contribution in [0.3, 0.4) is 0 Å². The summed E-state index contributed by atoms with van der Waals surface area (Å²) in [5, 5.41) is 15.8. The van der Waals surface area contributed by atoms with Crippen LogP contribution in [0, 0.1) is 0 Å². The number of nitrogens with one attached hydrogen (secondary N) is 1. The van der Waals surface area contributed by atoms with E-state index in [1.54, 1.807) is 30.7 Å². The molecule has 0 bridgehead atoms. The van der Waals surface area contributed by atoms with Crippen LogP contribution in [0.4, 0.5) is 0 Å². The highest BCUT2D eigenvalue weighted by atomic mass is 35.5. The van der Waals surface area contributed by atoms with E-state index in [0.29, 0.717) is 51.9 Å². The number of carbonyl (C=O) groups is 1. The van der Waals surface area contributed by atoms with Crippen LogP contribution in [0.2, 0.25) is 5.02 Å². The molecule has 2 aliphatic heterocycles. The van der Waals surface area contributed by atoms with Crippen molar-refractivity contribution >= 4 is 28.5 Å². The van der Waals surface area contributed by atoms with Crippen LogP contribution in [-0.2, 0) is 34.8 Å². The van der Waals surface area contributed by atoms with Crippen molar-refractivity contribution in [3.63, 3.8) is 0 Å². The van der Waals surface area contributed by atoms with Gasteiger partial charge >= 0.3 is 5.97 Å². The minimum Gasteiger partial charge on any atom is -0.495 e. The summed E-state index contributed by atoms with van der Waals surface area (Å²) in [6, 6.07) is 5.75. The summed E-state index contributed by atoms with van der Waals surface area (Å²) in [6.45, 7) is 6.53. The number of rotatable bonds is 5. The summed E-state index contributed by atoms with van der Waals surface area (Å²) in [7, 11) is 1.59. The highest BCUT2D eigenvalue weighted by Crippen LogP contribution is 2.41. The number of carbonyl (C=O) groups excluding carboxylic acids is 1. The molecule has 4 heterocycles. The number of ether oxygens (including phenoxy) is 2. The number of cyclic esters (lactones) is 1. The van der Waals surface area contributed by atoms with Gasteiger partial charge in [-0.05, 0) is 24.6 Å². The molecule has 0 saturated carbocycles. The van der Waals surface area contributed by atoms with Gasteiger partial charge in [0.15, 0.2) is 5.60 Å². The van der Waals surface area contributed by atoms with E-state index in [0.717, 1.165) is 16.5 Å². The smallest absolute Gasteiger partial charge is 0.343 e. The largest absolute Gasteiger partial charge is 0.495 e. The number of aromatic nitrogens is 2. The Morgan fingerprint density at radius 1 is 1.32 bits per heavy atom. The van der Waals surface area contributed by atoms with Crippen molar-refractivity contribution in [3.8, 4) is 17.1 Å². The van der Waals surface area contributed by atoms with Crippen LogP contribution in [0.5, 0.6) is 5.75 Å². The lowest BCUT2D eigenvalue weighted by atomic mass is 9.86. The summed E-state index contributed by atoms with van der Waals surface area (Å²) < 4.78 is 12.4. The van der Waals surface area contributed by atoms with Crippen LogP contribution in [0.1, 0.15) is 49.4 Å². The molecule has 1 atom stereocenters. The first-order chi connectivity index (χ1) is 16.2. The highest BCUT2D eigenvalue weighted by Gasteiger charge is 2.45. The van der Waals surface area contributed by atoms with Gasteiger partial charge in [0.2, 0.25) is 0 Å². The van der Waals surface area contributed by atoms with Crippen molar-refractivity contribution < 1.29 is 19.4 Å². The van der Waals surface area contributed by atoms with Crippen molar-refractivity contribution in [2.45, 2.75) is 58.5 Å². The summed E-state index contributed by atoms with van der Waals surface area (Å²) in [5.41, 5.74) is 2.10. The first-order valence-electron chi connectivity index (χ1n) is 11.3. The van der Waals surface area contributed by atoms with Gasteiger partial charge in [-0.3, -0.25) is 4.79 Å². The van der Waals surface area contributed by atoms with Crippen molar-refractivity contribution in [2.75, 3.05) is 7.11 Å². The van der Waals surface area contributed by atoms with Crippen molar-refractivity contribution in [3.05, 3.63) is 55.8 Å². The quantitative estimate of drug-likeness (QED) is 0.420. The average molecular weight is 484 g/mol. The second-order valence-corrected chi connectivity index (χ2v) is 9.48. The minimum absolute atomic E-state index is 0.0986. The zero-order valence-corrected chi connectivity index (χ0v) is 20.2. The molecule has 2 aliphatic rings. The van der Waals surface area contributed by atoms with Crippen LogP contribution in [0.25, 0.3) is 22.3 Å². The van der Waals surface area contributed by atoms with Gasteiger partial charge < -0.3 is 24.5 Å². The molecule has 1 aromatic carbocycles. The minimum atomic E-state index is -1.85. The number of fused-ring (bicyclic) bond motifs is 5. The van der Waals surface area contributed by atoms with E-state index in [9.17, 15) is 14.7 Å². The van der Waals surface area contributed by atoms with Crippen LogP contribution in [-0.4, -0.2) is 33.8 Å². The lowest BCUT2D eigenvalue weighted by Gasteiger charge is -2.31. The van der Waals surface area contributed by atoms with Gasteiger partial charge in [0.25, 0.3) is 5.56 Å². The van der Waals surface area contributed by atoms with Crippen LogP contribution in [0.15, 0.2) is 23.0 Å². The molecular weight excluding hydrogens is 458 g/mol. The molecule has 2 N–H and O–H groups in total. The molecule has 0 spiro atoms. The molecule has 0 amide bonds. The molecule has 3 aromatic rings. The summed E-state index contributed by atoms with van der Waals surface area (Å²) >= 11 is 6.53. The maximum atomic E-state index is 13.4. The van der Waals surface area contributed by atoms with E-state index < -0.39 is 11.6 Å². The summed E-state index contributed by atoms with van der Waals surface area (Å²) in [6.07, 6.45) is 0.0986. The molecule has 0 saturated heterocycles. The summed E-state index contributed by atoms with van der Waals surface area (Å²) in [5.74, 6) is -0.145. The molecular formula is C25H26ClN3O5. The maximum absolute atomic E-state index is 13.4. The third-order valence-corrected chi connectivity index (χ3v) is 7.00. The van der Waals surface area contributed by atoms with Crippen molar-refractivity contribution in [1.82, 2.24) is 14.9 Å². The second-order valence-electron chi connectivity index (χ2n) is 9.07. The first kappa shape index (κ1) is 22.8. The number of halogens is 1. The molecule has 0 radical (unpaired) electrons. The predicted octanol–water partition coefficient (Wildman–Crippen LogP) is 3.24. The van der Waals surface area contributed by atoms with Gasteiger partial charge in [-0.2, -0.15) is 0 Å². The van der Waals surface area contributed by atoms with E-state index in [1.807, 2.05) is 6.07 Å². The number of nitrogens with zero attached hydrogens (tertiary/aromatic N) is 2. The van der Waals surface area contributed by atoms with Crippen molar-refractivity contribution in [1.29, 1.82) is 0 Å². The lowest BCUT2D eigenvalue weighted by Crippen LogP contribution is -2.44.